The maximum Gasteiger partial charge on any atom is 0.239 e. The van der Waals surface area contributed by atoms with Gasteiger partial charge in [0.1, 0.15) is 30.3 Å². The highest BCUT2D eigenvalue weighted by molar-refractivity contribution is 7.19. The summed E-state index contributed by atoms with van der Waals surface area (Å²) in [6.07, 6.45) is 3.39. The van der Waals surface area contributed by atoms with Crippen molar-refractivity contribution in [1.82, 2.24) is 15.3 Å². The van der Waals surface area contributed by atoms with Gasteiger partial charge in [-0.25, -0.2) is 9.97 Å². The minimum absolute atomic E-state index is 0.0418. The molecule has 2 aromatic heterocycles. The number of thiophene rings is 1. The molecule has 2 aliphatic rings. The van der Waals surface area contributed by atoms with E-state index in [2.05, 4.69) is 17.6 Å². The first-order chi connectivity index (χ1) is 13.1. The highest BCUT2D eigenvalue weighted by Gasteiger charge is 2.25. The molecule has 1 atom stereocenters. The van der Waals surface area contributed by atoms with E-state index in [9.17, 15) is 4.79 Å². The van der Waals surface area contributed by atoms with Gasteiger partial charge in [-0.3, -0.25) is 4.79 Å². The number of ether oxygens (including phenoxy) is 1. The van der Waals surface area contributed by atoms with Crippen LogP contribution in [0.4, 0.5) is 5.82 Å². The first-order valence-corrected chi connectivity index (χ1v) is 10.6. The van der Waals surface area contributed by atoms with Crippen LogP contribution in [-0.4, -0.2) is 55.8 Å². The normalized spacial score (nSPS) is 20.4. The van der Waals surface area contributed by atoms with Gasteiger partial charge in [0.15, 0.2) is 5.82 Å². The summed E-state index contributed by atoms with van der Waals surface area (Å²) in [5.74, 6) is 2.35. The lowest BCUT2D eigenvalue weighted by atomic mass is 9.89. The van der Waals surface area contributed by atoms with E-state index in [-0.39, 0.29) is 12.5 Å². The molecule has 2 aromatic rings. The number of likely N-dealkylation sites (N-methyl/N-ethyl adjacent to an activating group) is 1. The van der Waals surface area contributed by atoms with Crippen LogP contribution in [-0.2, 0) is 28.9 Å². The Morgan fingerprint density at radius 3 is 2.93 bits per heavy atom. The number of amides is 1. The van der Waals surface area contributed by atoms with Crippen molar-refractivity contribution in [1.29, 1.82) is 0 Å². The third kappa shape index (κ3) is 4.07. The average molecular weight is 391 g/mol. The van der Waals surface area contributed by atoms with E-state index >= 15 is 0 Å². The van der Waals surface area contributed by atoms with Crippen LogP contribution < -0.4 is 15.5 Å². The third-order valence-electron chi connectivity index (χ3n) is 5.50. The molecule has 0 aromatic carbocycles. The van der Waals surface area contributed by atoms with Gasteiger partial charge in [0.25, 0.3) is 0 Å². The van der Waals surface area contributed by atoms with E-state index in [0.717, 1.165) is 73.5 Å². The molecule has 8 heteroatoms. The fourth-order valence-electron chi connectivity index (χ4n) is 3.91. The van der Waals surface area contributed by atoms with E-state index in [1.165, 1.54) is 21.8 Å². The molecule has 0 spiro atoms. The van der Waals surface area contributed by atoms with Crippen molar-refractivity contribution >= 4 is 33.3 Å². The minimum Gasteiger partial charge on any atom is -0.370 e. The fourth-order valence-corrected chi connectivity index (χ4v) is 5.31. The van der Waals surface area contributed by atoms with Crippen LogP contribution in [0, 0.1) is 5.92 Å². The molecular formula is C19H28N5O2S+. The lowest BCUT2D eigenvalue weighted by Crippen LogP contribution is -3.12. The van der Waals surface area contributed by atoms with Crippen molar-refractivity contribution in [3.63, 3.8) is 0 Å². The van der Waals surface area contributed by atoms with E-state index < -0.39 is 0 Å². The topological polar surface area (TPSA) is 80.6 Å². The Balaban J connectivity index is 1.69. The van der Waals surface area contributed by atoms with Gasteiger partial charge >= 0.3 is 0 Å². The summed E-state index contributed by atoms with van der Waals surface area (Å²) in [7, 11) is 1.65. The molecule has 1 aliphatic heterocycles. The number of aryl methyl sites for hydroxylation is 1. The van der Waals surface area contributed by atoms with E-state index in [1.807, 2.05) is 11.3 Å². The predicted molar refractivity (Wildman–Crippen MR) is 106 cm³/mol. The second kappa shape index (κ2) is 8.08. The number of aromatic nitrogens is 2. The molecule has 0 bridgehead atoms. The largest absolute Gasteiger partial charge is 0.370 e. The lowest BCUT2D eigenvalue weighted by Gasteiger charge is -2.23. The number of quaternary nitrogens is 1. The maximum atomic E-state index is 11.8. The number of carbonyl (C=O) groups is 1. The van der Waals surface area contributed by atoms with E-state index in [1.54, 1.807) is 7.05 Å². The molecule has 4 rings (SSSR count). The summed E-state index contributed by atoms with van der Waals surface area (Å²) in [4.78, 5) is 25.5. The van der Waals surface area contributed by atoms with Gasteiger partial charge in [-0.15, -0.1) is 11.3 Å². The molecule has 1 amide bonds. The van der Waals surface area contributed by atoms with Gasteiger partial charge < -0.3 is 20.3 Å². The number of anilines is 1. The van der Waals surface area contributed by atoms with E-state index in [0.29, 0.717) is 0 Å². The summed E-state index contributed by atoms with van der Waals surface area (Å²) >= 11 is 1.81. The zero-order chi connectivity index (χ0) is 18.8. The van der Waals surface area contributed by atoms with Crippen molar-refractivity contribution in [2.45, 2.75) is 32.7 Å². The van der Waals surface area contributed by atoms with E-state index in [4.69, 9.17) is 14.7 Å². The Hall–Kier alpha value is -1.77. The van der Waals surface area contributed by atoms with Crippen LogP contribution in [0.5, 0.6) is 0 Å². The summed E-state index contributed by atoms with van der Waals surface area (Å²) in [6.45, 7) is 6.91. The fraction of sp³-hybridized carbons (Fsp3) is 0.632. The molecule has 0 radical (unpaired) electrons. The zero-order valence-corrected chi connectivity index (χ0v) is 16.9. The van der Waals surface area contributed by atoms with Gasteiger partial charge in [0.05, 0.1) is 25.1 Å². The quantitative estimate of drug-likeness (QED) is 0.688. The Kier molecular flexibility index (Phi) is 5.56. The van der Waals surface area contributed by atoms with Crippen LogP contribution in [0.1, 0.15) is 29.6 Å². The Labute approximate surface area is 163 Å². The Morgan fingerprint density at radius 2 is 2.15 bits per heavy atom. The number of fused-ring (bicyclic) bond motifs is 3. The molecule has 1 saturated heterocycles. The van der Waals surface area contributed by atoms with Gasteiger partial charge in [0.2, 0.25) is 5.91 Å². The minimum atomic E-state index is -0.0418. The summed E-state index contributed by atoms with van der Waals surface area (Å²) in [5, 5.41) is 7.07. The van der Waals surface area contributed by atoms with Gasteiger partial charge in [-0.05, 0) is 30.7 Å². The molecule has 1 aliphatic carbocycles. The van der Waals surface area contributed by atoms with Crippen LogP contribution in [0.2, 0.25) is 0 Å². The number of morpholine rings is 1. The molecule has 3 heterocycles. The average Bonchev–Trinajstić information content (AvgIpc) is 3.03. The number of nitrogens with one attached hydrogen (secondary N) is 3. The molecule has 7 nitrogen and oxygen atoms in total. The van der Waals surface area contributed by atoms with Crippen molar-refractivity contribution in [3.05, 3.63) is 16.3 Å². The number of rotatable bonds is 5. The summed E-state index contributed by atoms with van der Waals surface area (Å²) < 4.78 is 5.46. The number of hydrogen-bond acceptors (Lipinski definition) is 6. The molecule has 1 fully saturated rings. The molecule has 3 N–H and O–H groups in total. The van der Waals surface area contributed by atoms with Crippen LogP contribution in [0.3, 0.4) is 0 Å². The van der Waals surface area contributed by atoms with Crippen molar-refractivity contribution < 1.29 is 14.4 Å². The monoisotopic (exact) mass is 390 g/mol. The van der Waals surface area contributed by atoms with Gasteiger partial charge in [0, 0.05) is 11.9 Å². The standard InChI is InChI=1S/C19H27N5O2S/c1-12-3-4-13-14(9-12)27-19-17(13)18(21-10-16(25)20-2)22-15(23-19)11-24-5-7-26-8-6-24/h12H,3-11H2,1-2H3,(H,20,25)(H,21,22,23)/p+1/t12-/m1/s1. The summed E-state index contributed by atoms with van der Waals surface area (Å²) in [5.41, 5.74) is 1.39. The smallest absolute Gasteiger partial charge is 0.239 e. The maximum absolute atomic E-state index is 11.8. The number of nitrogens with zero attached hydrogens (tertiary/aromatic N) is 2. The van der Waals surface area contributed by atoms with Crippen LogP contribution >= 0.6 is 11.3 Å². The molecule has 146 valence electrons. The van der Waals surface area contributed by atoms with Crippen LogP contribution in [0.25, 0.3) is 10.2 Å². The zero-order valence-electron chi connectivity index (χ0n) is 16.1. The first-order valence-electron chi connectivity index (χ1n) is 9.81. The van der Waals surface area contributed by atoms with Crippen LogP contribution in [0.15, 0.2) is 0 Å². The molecule has 0 saturated carbocycles. The third-order valence-corrected chi connectivity index (χ3v) is 6.65. The SMILES string of the molecule is CNC(=O)CNc1nc(C[NH+]2CCOCC2)nc2sc3c(c12)CC[C@@H](C)C3. The second-order valence-electron chi connectivity index (χ2n) is 7.59. The first kappa shape index (κ1) is 18.6. The van der Waals surface area contributed by atoms with Crippen molar-refractivity contribution in [2.24, 2.45) is 5.92 Å². The van der Waals surface area contributed by atoms with Gasteiger partial charge in [-0.1, -0.05) is 6.92 Å². The predicted octanol–water partition coefficient (Wildman–Crippen LogP) is 0.389. The lowest BCUT2D eigenvalue weighted by molar-refractivity contribution is -0.922. The Bertz CT molecular complexity index is 831. The number of carbonyl (C=O) groups excluding carboxylic acids is 1. The summed E-state index contributed by atoms with van der Waals surface area (Å²) in [6, 6.07) is 0. The Morgan fingerprint density at radius 1 is 1.33 bits per heavy atom. The highest BCUT2D eigenvalue weighted by Crippen LogP contribution is 2.39. The van der Waals surface area contributed by atoms with Gasteiger partial charge in [-0.2, -0.15) is 0 Å². The molecule has 27 heavy (non-hydrogen) atoms. The highest BCUT2D eigenvalue weighted by atomic mass is 32.1. The second-order valence-corrected chi connectivity index (χ2v) is 8.67. The molecule has 0 unspecified atom stereocenters. The number of hydrogen-bond donors (Lipinski definition) is 3. The van der Waals surface area contributed by atoms with Crippen molar-refractivity contribution in [2.75, 3.05) is 45.2 Å². The molecular weight excluding hydrogens is 362 g/mol. The van der Waals surface area contributed by atoms with Crippen molar-refractivity contribution in [3.8, 4) is 0 Å².